The number of carbonyl (C=O) groups is 2. The van der Waals surface area contributed by atoms with Gasteiger partial charge < -0.3 is 20.3 Å². The van der Waals surface area contributed by atoms with Gasteiger partial charge in [-0.25, -0.2) is 19.3 Å². The number of anilines is 1. The molecule has 0 spiro atoms. The van der Waals surface area contributed by atoms with Gasteiger partial charge >= 0.3 is 6.09 Å². The average Bonchev–Trinajstić information content (AvgIpc) is 3.77. The predicted molar refractivity (Wildman–Crippen MR) is 131 cm³/mol. The van der Waals surface area contributed by atoms with Gasteiger partial charge in [-0.05, 0) is 51.4 Å². The zero-order valence-electron chi connectivity index (χ0n) is 19.6. The summed E-state index contributed by atoms with van der Waals surface area (Å²) in [5.74, 6) is 1.68. The van der Waals surface area contributed by atoms with Crippen molar-refractivity contribution in [1.82, 2.24) is 29.8 Å². The molecule has 184 valence electrons. The van der Waals surface area contributed by atoms with Crippen LogP contribution in [0.1, 0.15) is 55.9 Å². The summed E-state index contributed by atoms with van der Waals surface area (Å²) in [4.78, 5) is 37.6. The van der Waals surface area contributed by atoms with E-state index in [0.29, 0.717) is 49.2 Å². The van der Waals surface area contributed by atoms with Gasteiger partial charge in [-0.2, -0.15) is 5.10 Å². The van der Waals surface area contributed by atoms with Gasteiger partial charge in [-0.3, -0.25) is 4.79 Å². The third kappa shape index (κ3) is 4.95. The molecular formula is C24H29N7O3S. The lowest BCUT2D eigenvalue weighted by atomic mass is 10.0. The zero-order valence-corrected chi connectivity index (χ0v) is 20.5. The van der Waals surface area contributed by atoms with Crippen LogP contribution in [-0.2, 0) is 4.74 Å². The van der Waals surface area contributed by atoms with Crippen molar-refractivity contribution in [2.75, 3.05) is 18.4 Å². The fourth-order valence-corrected chi connectivity index (χ4v) is 5.30. The van der Waals surface area contributed by atoms with Gasteiger partial charge in [0.05, 0.1) is 11.8 Å². The highest BCUT2D eigenvalue weighted by Gasteiger charge is 2.31. The number of thiazole rings is 1. The standard InChI is InChI=1S/C24H29N7O3S/c1-14(15-2-3-15)26-20-12-19(28-21(29-20)18-13-25-31-10-11-35-23(18)31)22(32)30-8-6-16(7-9-30)27-24(33)34-17-4-5-17/h10-17H,2-9H2,1H3,(H,27,33)(H,26,28,29)/t14-/m0/s1. The lowest BCUT2D eigenvalue weighted by Gasteiger charge is -2.32. The quantitative estimate of drug-likeness (QED) is 0.515. The van der Waals surface area contributed by atoms with Gasteiger partial charge in [0, 0.05) is 42.8 Å². The summed E-state index contributed by atoms with van der Waals surface area (Å²) >= 11 is 1.56. The van der Waals surface area contributed by atoms with Crippen LogP contribution in [0, 0.1) is 5.92 Å². The van der Waals surface area contributed by atoms with Gasteiger partial charge in [-0.15, -0.1) is 11.3 Å². The molecule has 1 atom stereocenters. The van der Waals surface area contributed by atoms with Crippen molar-refractivity contribution < 1.29 is 14.3 Å². The largest absolute Gasteiger partial charge is 0.446 e. The normalized spacial score (nSPS) is 19.5. The molecule has 3 aromatic heterocycles. The smallest absolute Gasteiger partial charge is 0.407 e. The van der Waals surface area contributed by atoms with Crippen molar-refractivity contribution in [3.63, 3.8) is 0 Å². The second-order valence-corrected chi connectivity index (χ2v) is 10.7. The molecule has 0 bridgehead atoms. The van der Waals surface area contributed by atoms with E-state index in [1.54, 1.807) is 28.1 Å². The Kier molecular flexibility index (Phi) is 5.79. The van der Waals surface area contributed by atoms with Crippen molar-refractivity contribution in [2.24, 2.45) is 5.92 Å². The Balaban J connectivity index is 1.19. The Morgan fingerprint density at radius 2 is 1.94 bits per heavy atom. The Hall–Kier alpha value is -3.21. The van der Waals surface area contributed by atoms with E-state index in [1.807, 2.05) is 16.5 Å². The third-order valence-electron chi connectivity index (χ3n) is 6.92. The van der Waals surface area contributed by atoms with Crippen molar-refractivity contribution >= 4 is 34.0 Å². The number of nitrogens with zero attached hydrogens (tertiary/aromatic N) is 5. The van der Waals surface area contributed by atoms with E-state index < -0.39 is 0 Å². The molecule has 3 fully saturated rings. The van der Waals surface area contributed by atoms with Crippen molar-refractivity contribution in [3.8, 4) is 11.4 Å². The van der Waals surface area contributed by atoms with Crippen LogP contribution < -0.4 is 10.6 Å². The van der Waals surface area contributed by atoms with Crippen LogP contribution in [0.2, 0.25) is 0 Å². The van der Waals surface area contributed by atoms with Crippen LogP contribution in [0.5, 0.6) is 0 Å². The van der Waals surface area contributed by atoms with E-state index in [0.717, 1.165) is 23.2 Å². The first-order valence-corrected chi connectivity index (χ1v) is 13.2. The molecule has 0 radical (unpaired) electrons. The number of hydrogen-bond acceptors (Lipinski definition) is 8. The monoisotopic (exact) mass is 495 g/mol. The lowest BCUT2D eigenvalue weighted by molar-refractivity contribution is 0.0695. The number of carbonyl (C=O) groups excluding carboxylic acids is 2. The fraction of sp³-hybridized carbons (Fsp3) is 0.542. The molecule has 11 heteroatoms. The molecule has 2 N–H and O–H groups in total. The summed E-state index contributed by atoms with van der Waals surface area (Å²) < 4.78 is 7.08. The van der Waals surface area contributed by atoms with E-state index in [9.17, 15) is 9.59 Å². The van der Waals surface area contributed by atoms with Crippen molar-refractivity contribution in [1.29, 1.82) is 0 Å². The minimum atomic E-state index is -0.348. The summed E-state index contributed by atoms with van der Waals surface area (Å²) in [6.45, 7) is 3.26. The van der Waals surface area contributed by atoms with Crippen LogP contribution in [-0.4, -0.2) is 67.8 Å². The Bertz CT molecular complexity index is 1240. The van der Waals surface area contributed by atoms with Gasteiger partial charge in [0.15, 0.2) is 5.82 Å². The number of alkyl carbamates (subject to hydrolysis) is 1. The maximum atomic E-state index is 13.5. The van der Waals surface area contributed by atoms with Crippen LogP contribution in [0.25, 0.3) is 16.2 Å². The molecule has 2 saturated carbocycles. The van der Waals surface area contributed by atoms with Gasteiger partial charge in [0.2, 0.25) is 0 Å². The van der Waals surface area contributed by atoms with Gasteiger partial charge in [0.1, 0.15) is 22.4 Å². The number of ether oxygens (including phenoxy) is 1. The number of hydrogen-bond donors (Lipinski definition) is 2. The van der Waals surface area contributed by atoms with E-state index >= 15 is 0 Å². The summed E-state index contributed by atoms with van der Waals surface area (Å²) in [5.41, 5.74) is 1.19. The number of rotatable bonds is 7. The number of likely N-dealkylation sites (tertiary alicyclic amines) is 1. The molecule has 1 saturated heterocycles. The maximum Gasteiger partial charge on any atom is 0.407 e. The second kappa shape index (κ2) is 9.10. The van der Waals surface area contributed by atoms with Crippen molar-refractivity contribution in [3.05, 3.63) is 29.5 Å². The maximum absolute atomic E-state index is 13.5. The molecule has 4 heterocycles. The van der Waals surface area contributed by atoms with E-state index in [1.165, 1.54) is 12.8 Å². The molecule has 1 aliphatic heterocycles. The fourth-order valence-electron chi connectivity index (χ4n) is 4.51. The SMILES string of the molecule is C[C@H](Nc1cc(C(=O)N2CCC(NC(=O)OC3CC3)CC2)nc(-c2cnn3ccsc23)n1)C1CC1. The summed E-state index contributed by atoms with van der Waals surface area (Å²) in [6.07, 6.45) is 9.10. The summed E-state index contributed by atoms with van der Waals surface area (Å²) in [7, 11) is 0. The number of aromatic nitrogens is 4. The molecule has 6 rings (SSSR count). The number of fused-ring (bicyclic) bond motifs is 1. The summed E-state index contributed by atoms with van der Waals surface area (Å²) in [6, 6.07) is 2.06. The number of piperidine rings is 1. The van der Waals surface area contributed by atoms with Crippen LogP contribution in [0.15, 0.2) is 23.8 Å². The first kappa shape index (κ1) is 22.3. The topological polar surface area (TPSA) is 114 Å². The van der Waals surface area contributed by atoms with Gasteiger partial charge in [-0.1, -0.05) is 0 Å². The minimum Gasteiger partial charge on any atom is -0.446 e. The van der Waals surface area contributed by atoms with Crippen LogP contribution in [0.3, 0.4) is 0 Å². The lowest BCUT2D eigenvalue weighted by Crippen LogP contribution is -2.47. The third-order valence-corrected chi connectivity index (χ3v) is 7.81. The molecular weight excluding hydrogens is 466 g/mol. The minimum absolute atomic E-state index is 0.0161. The number of nitrogens with one attached hydrogen (secondary N) is 2. The predicted octanol–water partition coefficient (Wildman–Crippen LogP) is 3.56. The molecule has 0 unspecified atom stereocenters. The highest BCUT2D eigenvalue weighted by molar-refractivity contribution is 7.16. The first-order chi connectivity index (χ1) is 17.0. The Morgan fingerprint density at radius 1 is 1.14 bits per heavy atom. The highest BCUT2D eigenvalue weighted by Crippen LogP contribution is 2.34. The Labute approximate surface area is 207 Å². The first-order valence-electron chi connectivity index (χ1n) is 12.4. The van der Waals surface area contributed by atoms with E-state index in [4.69, 9.17) is 9.72 Å². The molecule has 0 aromatic carbocycles. The molecule has 2 amide bonds. The van der Waals surface area contributed by atoms with Crippen LogP contribution in [0.4, 0.5) is 10.6 Å². The average molecular weight is 496 g/mol. The van der Waals surface area contributed by atoms with Crippen molar-refractivity contribution in [2.45, 2.75) is 63.6 Å². The molecule has 10 nitrogen and oxygen atoms in total. The molecule has 3 aromatic rings. The molecule has 3 aliphatic rings. The number of amides is 2. The Morgan fingerprint density at radius 3 is 2.69 bits per heavy atom. The summed E-state index contributed by atoms with van der Waals surface area (Å²) in [5, 5.41) is 12.8. The highest BCUT2D eigenvalue weighted by atomic mass is 32.1. The van der Waals surface area contributed by atoms with Crippen LogP contribution >= 0.6 is 11.3 Å². The molecule has 2 aliphatic carbocycles. The second-order valence-electron chi connectivity index (χ2n) is 9.76. The zero-order chi connectivity index (χ0) is 23.9. The van der Waals surface area contributed by atoms with Gasteiger partial charge in [0.25, 0.3) is 5.91 Å². The van der Waals surface area contributed by atoms with E-state index in [2.05, 4.69) is 27.6 Å². The molecule has 35 heavy (non-hydrogen) atoms. The van der Waals surface area contributed by atoms with E-state index in [-0.39, 0.29) is 30.2 Å².